The lowest BCUT2D eigenvalue weighted by Crippen LogP contribution is -2.86. The number of quaternary nitrogens is 1. The normalized spacial score (nSPS) is 12.0. The van der Waals surface area contributed by atoms with Crippen molar-refractivity contribution in [2.24, 2.45) is 0 Å². The number of carbonyl (C=O) groups is 1. The topological polar surface area (TPSA) is 45.7 Å². The van der Waals surface area contributed by atoms with E-state index in [2.05, 4.69) is 5.32 Å². The maximum Gasteiger partial charge on any atom is 0.279 e. The number of carbonyl (C=O) groups excluding carboxylic acids is 1. The van der Waals surface area contributed by atoms with E-state index in [0.29, 0.717) is 5.02 Å². The summed E-state index contributed by atoms with van der Waals surface area (Å²) < 4.78 is 39.4. The number of amides is 1. The molecule has 3 nitrogen and oxygen atoms in total. The lowest BCUT2D eigenvalue weighted by atomic mass is 10.1. The van der Waals surface area contributed by atoms with Crippen molar-refractivity contribution in [2.45, 2.75) is 13.0 Å². The maximum atomic E-state index is 13.5. The molecule has 1 atom stereocenters. The van der Waals surface area contributed by atoms with Gasteiger partial charge in [-0.1, -0.05) is 23.7 Å². The molecule has 0 aliphatic rings. The molecule has 3 N–H and O–H groups in total. The van der Waals surface area contributed by atoms with Crippen LogP contribution in [0, 0.1) is 17.5 Å². The average molecular weight is 344 g/mol. The third-order valence-corrected chi connectivity index (χ3v) is 3.61. The van der Waals surface area contributed by atoms with Crippen LogP contribution in [0.25, 0.3) is 0 Å². The largest absolute Gasteiger partial charge is 0.333 e. The molecule has 23 heavy (non-hydrogen) atoms. The number of nitrogens with two attached hydrogens (primary N) is 1. The minimum Gasteiger partial charge on any atom is -0.333 e. The lowest BCUT2D eigenvalue weighted by Gasteiger charge is -2.12. The third kappa shape index (κ3) is 4.46. The Bertz CT molecular complexity index is 707. The van der Waals surface area contributed by atoms with Gasteiger partial charge in [-0.05, 0) is 31.2 Å². The van der Waals surface area contributed by atoms with Crippen LogP contribution >= 0.6 is 11.6 Å². The molecule has 0 fully saturated rings. The van der Waals surface area contributed by atoms with Crippen LogP contribution in [0.3, 0.4) is 0 Å². The highest BCUT2D eigenvalue weighted by atomic mass is 35.5. The van der Waals surface area contributed by atoms with Crippen molar-refractivity contribution >= 4 is 23.2 Å². The Morgan fingerprint density at radius 1 is 1.13 bits per heavy atom. The monoisotopic (exact) mass is 343 g/mol. The van der Waals surface area contributed by atoms with Crippen LogP contribution < -0.4 is 10.6 Å². The fourth-order valence-electron chi connectivity index (χ4n) is 2.01. The molecule has 0 heterocycles. The molecule has 0 aliphatic carbocycles. The van der Waals surface area contributed by atoms with Gasteiger partial charge in [-0.2, -0.15) is 0 Å². The standard InChI is InChI=1S/C16H14ClF3N2O/c1-9(10-2-4-11(17)5-3-10)21-8-14(23)22-13-7-6-12(18)15(19)16(13)20/h2-7,9,21H,8H2,1H3,(H,22,23)/p+1/t9-/m0/s1. The van der Waals surface area contributed by atoms with Gasteiger partial charge in [0.15, 0.2) is 24.0 Å². The van der Waals surface area contributed by atoms with Gasteiger partial charge in [0, 0.05) is 10.6 Å². The lowest BCUT2D eigenvalue weighted by molar-refractivity contribution is -0.682. The Morgan fingerprint density at radius 2 is 1.78 bits per heavy atom. The van der Waals surface area contributed by atoms with Gasteiger partial charge in [0.05, 0.1) is 5.69 Å². The number of nitrogens with one attached hydrogen (secondary N) is 1. The average Bonchev–Trinajstić information content (AvgIpc) is 2.54. The molecule has 0 radical (unpaired) electrons. The highest BCUT2D eigenvalue weighted by Gasteiger charge is 2.17. The first kappa shape index (κ1) is 17.3. The van der Waals surface area contributed by atoms with Crippen LogP contribution in [0.15, 0.2) is 36.4 Å². The molecule has 0 aromatic heterocycles. The van der Waals surface area contributed by atoms with E-state index in [1.165, 1.54) is 0 Å². The van der Waals surface area contributed by atoms with Gasteiger partial charge < -0.3 is 10.6 Å². The first-order chi connectivity index (χ1) is 10.9. The van der Waals surface area contributed by atoms with E-state index < -0.39 is 23.4 Å². The van der Waals surface area contributed by atoms with Crippen molar-refractivity contribution in [1.29, 1.82) is 0 Å². The molecular weight excluding hydrogens is 329 g/mol. The SMILES string of the molecule is C[C@H]([NH2+]CC(=O)Nc1ccc(F)c(F)c1F)c1ccc(Cl)cc1. The van der Waals surface area contributed by atoms with Crippen LogP contribution in [0.4, 0.5) is 18.9 Å². The van der Waals surface area contributed by atoms with Crippen molar-refractivity contribution in [3.63, 3.8) is 0 Å². The van der Waals surface area contributed by atoms with Crippen LogP contribution in [0.2, 0.25) is 5.02 Å². The molecule has 0 spiro atoms. The van der Waals surface area contributed by atoms with E-state index in [4.69, 9.17) is 11.6 Å². The molecule has 0 unspecified atom stereocenters. The Kier molecular flexibility index (Phi) is 5.63. The van der Waals surface area contributed by atoms with Crippen LogP contribution in [-0.4, -0.2) is 12.5 Å². The Morgan fingerprint density at radius 3 is 2.43 bits per heavy atom. The molecule has 2 aromatic carbocycles. The molecular formula is C16H15ClF3N2O+. The van der Waals surface area contributed by atoms with Gasteiger partial charge in [-0.25, -0.2) is 13.2 Å². The fraction of sp³-hybridized carbons (Fsp3) is 0.188. The third-order valence-electron chi connectivity index (χ3n) is 3.36. The second-order valence-electron chi connectivity index (χ2n) is 5.05. The van der Waals surface area contributed by atoms with Crippen LogP contribution in [0.5, 0.6) is 0 Å². The summed E-state index contributed by atoms with van der Waals surface area (Å²) in [7, 11) is 0. The van der Waals surface area contributed by atoms with Crippen molar-refractivity contribution in [2.75, 3.05) is 11.9 Å². The van der Waals surface area contributed by atoms with Gasteiger partial charge in [0.1, 0.15) is 6.04 Å². The minimum atomic E-state index is -1.61. The van der Waals surface area contributed by atoms with E-state index in [0.717, 1.165) is 17.7 Å². The first-order valence-corrected chi connectivity index (χ1v) is 7.28. The molecule has 0 saturated carbocycles. The summed E-state index contributed by atoms with van der Waals surface area (Å²) in [4.78, 5) is 11.8. The molecule has 2 aromatic rings. The summed E-state index contributed by atoms with van der Waals surface area (Å²) in [6.07, 6.45) is 0. The number of anilines is 1. The molecule has 1 amide bonds. The number of hydrogen-bond acceptors (Lipinski definition) is 1. The van der Waals surface area contributed by atoms with Crippen molar-refractivity contribution in [3.8, 4) is 0 Å². The summed E-state index contributed by atoms with van der Waals surface area (Å²) in [5.41, 5.74) is 0.586. The molecule has 2 rings (SSSR count). The predicted molar refractivity (Wildman–Crippen MR) is 81.6 cm³/mol. The Balaban J connectivity index is 1.93. The van der Waals surface area contributed by atoms with E-state index >= 15 is 0 Å². The second kappa shape index (κ2) is 7.48. The first-order valence-electron chi connectivity index (χ1n) is 6.90. The Labute approximate surface area is 136 Å². The van der Waals surface area contributed by atoms with Gasteiger partial charge in [0.25, 0.3) is 5.91 Å². The minimum absolute atomic E-state index is 0.00221. The molecule has 0 saturated heterocycles. The highest BCUT2D eigenvalue weighted by Crippen LogP contribution is 2.19. The summed E-state index contributed by atoms with van der Waals surface area (Å²) in [6, 6.07) is 8.90. The van der Waals surface area contributed by atoms with Crippen LogP contribution in [-0.2, 0) is 4.79 Å². The number of hydrogen-bond donors (Lipinski definition) is 2. The predicted octanol–water partition coefficient (Wildman–Crippen LogP) is 3.02. The van der Waals surface area contributed by atoms with E-state index in [9.17, 15) is 18.0 Å². The number of rotatable bonds is 5. The van der Waals surface area contributed by atoms with Gasteiger partial charge >= 0.3 is 0 Å². The van der Waals surface area contributed by atoms with Crippen LogP contribution in [0.1, 0.15) is 18.5 Å². The number of benzene rings is 2. The molecule has 122 valence electrons. The Hall–Kier alpha value is -2.05. The smallest absolute Gasteiger partial charge is 0.279 e. The molecule has 0 aliphatic heterocycles. The van der Waals surface area contributed by atoms with Gasteiger partial charge in [0.2, 0.25) is 0 Å². The number of halogens is 4. The zero-order valence-corrected chi connectivity index (χ0v) is 13.0. The summed E-state index contributed by atoms with van der Waals surface area (Å²) >= 11 is 5.81. The summed E-state index contributed by atoms with van der Waals surface area (Å²) in [5, 5.41) is 4.57. The highest BCUT2D eigenvalue weighted by molar-refractivity contribution is 6.30. The summed E-state index contributed by atoms with van der Waals surface area (Å²) in [5.74, 6) is -4.84. The second-order valence-corrected chi connectivity index (χ2v) is 5.49. The zero-order chi connectivity index (χ0) is 17.0. The van der Waals surface area contributed by atoms with Crippen molar-refractivity contribution in [1.82, 2.24) is 0 Å². The van der Waals surface area contributed by atoms with E-state index in [-0.39, 0.29) is 18.3 Å². The maximum absolute atomic E-state index is 13.5. The van der Waals surface area contributed by atoms with Gasteiger partial charge in [-0.15, -0.1) is 0 Å². The van der Waals surface area contributed by atoms with E-state index in [1.54, 1.807) is 17.4 Å². The van der Waals surface area contributed by atoms with Crippen molar-refractivity contribution < 1.29 is 23.3 Å². The van der Waals surface area contributed by atoms with Crippen molar-refractivity contribution in [3.05, 3.63) is 64.4 Å². The quantitative estimate of drug-likeness (QED) is 0.805. The van der Waals surface area contributed by atoms with Gasteiger partial charge in [-0.3, -0.25) is 4.79 Å². The van der Waals surface area contributed by atoms with E-state index in [1.807, 2.05) is 19.1 Å². The molecule has 7 heteroatoms. The summed E-state index contributed by atoms with van der Waals surface area (Å²) in [6.45, 7) is 1.90. The zero-order valence-electron chi connectivity index (χ0n) is 12.2. The molecule has 0 bridgehead atoms. The fourth-order valence-corrected chi connectivity index (χ4v) is 2.14.